The lowest BCUT2D eigenvalue weighted by atomic mass is 10.1. The molecule has 0 saturated carbocycles. The zero-order chi connectivity index (χ0) is 15.0. The Hall–Kier alpha value is -2.40. The zero-order valence-electron chi connectivity index (χ0n) is 12.2. The van der Waals surface area contributed by atoms with Crippen molar-refractivity contribution in [1.29, 1.82) is 0 Å². The number of rotatable bonds is 3. The predicted octanol–water partition coefficient (Wildman–Crippen LogP) is 1.81. The third-order valence-corrected chi connectivity index (χ3v) is 3.64. The molecule has 0 bridgehead atoms. The Morgan fingerprint density at radius 3 is 2.81 bits per heavy atom. The summed E-state index contributed by atoms with van der Waals surface area (Å²) in [5.74, 6) is 0. The summed E-state index contributed by atoms with van der Waals surface area (Å²) in [6.07, 6.45) is 0.541. The van der Waals surface area contributed by atoms with Gasteiger partial charge in [0.1, 0.15) is 0 Å². The van der Waals surface area contributed by atoms with Gasteiger partial charge in [-0.2, -0.15) is 0 Å². The van der Waals surface area contributed by atoms with Crippen molar-refractivity contribution in [3.05, 3.63) is 57.5 Å². The first-order valence-corrected chi connectivity index (χ1v) is 6.98. The molecule has 5 heteroatoms. The van der Waals surface area contributed by atoms with Crippen LogP contribution in [0.4, 0.5) is 0 Å². The maximum atomic E-state index is 12.5. The molecule has 108 valence electrons. The minimum Gasteiger partial charge on any atom is -0.330 e. The molecule has 3 N–H and O–H groups in total. The van der Waals surface area contributed by atoms with E-state index in [9.17, 15) is 4.79 Å². The van der Waals surface area contributed by atoms with E-state index in [4.69, 9.17) is 5.73 Å². The number of benzene rings is 1. The molecule has 0 aliphatic carbocycles. The van der Waals surface area contributed by atoms with Gasteiger partial charge in [-0.15, -0.1) is 0 Å². The van der Waals surface area contributed by atoms with E-state index in [2.05, 4.69) is 16.1 Å². The van der Waals surface area contributed by atoms with Crippen LogP contribution in [0.2, 0.25) is 0 Å². The largest absolute Gasteiger partial charge is 0.330 e. The van der Waals surface area contributed by atoms with E-state index in [1.165, 1.54) is 10.1 Å². The van der Waals surface area contributed by atoms with Crippen molar-refractivity contribution in [2.24, 2.45) is 5.73 Å². The molecule has 1 aromatic carbocycles. The quantitative estimate of drug-likeness (QED) is 0.769. The summed E-state index contributed by atoms with van der Waals surface area (Å²) < 4.78 is 1.50. The second-order valence-electron chi connectivity index (χ2n) is 5.25. The standard InChI is InChI=1S/C16H18N4O/c1-10-4-3-5-12(8-10)14-9-15-18-11(2)13(6-7-17)16(21)20(15)19-14/h3-5,8-9,19H,6-7,17H2,1-2H3. The number of nitrogens with zero attached hydrogens (tertiary/aromatic N) is 2. The van der Waals surface area contributed by atoms with Gasteiger partial charge in [0.15, 0.2) is 5.65 Å². The molecular formula is C16H18N4O. The first kappa shape index (κ1) is 13.6. The molecule has 5 nitrogen and oxygen atoms in total. The van der Waals surface area contributed by atoms with E-state index in [0.717, 1.165) is 17.0 Å². The number of nitrogens with one attached hydrogen (secondary N) is 1. The maximum Gasteiger partial charge on any atom is 0.276 e. The Morgan fingerprint density at radius 1 is 1.29 bits per heavy atom. The fraction of sp³-hybridized carbons (Fsp3) is 0.250. The minimum atomic E-state index is -0.0677. The average Bonchev–Trinajstić information content (AvgIpc) is 2.87. The van der Waals surface area contributed by atoms with Gasteiger partial charge in [0.25, 0.3) is 5.56 Å². The van der Waals surface area contributed by atoms with Crippen LogP contribution in [0.5, 0.6) is 0 Å². The SMILES string of the molecule is Cc1cccc(-c2cc3nc(C)c(CCN)c(=O)n3[nH]2)c1. The first-order chi connectivity index (χ1) is 10.1. The number of nitrogens with two attached hydrogens (primary N) is 1. The van der Waals surface area contributed by atoms with Gasteiger partial charge >= 0.3 is 0 Å². The molecule has 0 spiro atoms. The van der Waals surface area contributed by atoms with Gasteiger partial charge in [0, 0.05) is 17.3 Å². The summed E-state index contributed by atoms with van der Waals surface area (Å²) >= 11 is 0. The zero-order valence-corrected chi connectivity index (χ0v) is 12.2. The van der Waals surface area contributed by atoms with Crippen molar-refractivity contribution in [3.8, 4) is 11.3 Å². The van der Waals surface area contributed by atoms with Gasteiger partial charge < -0.3 is 5.73 Å². The monoisotopic (exact) mass is 282 g/mol. The fourth-order valence-corrected chi connectivity index (χ4v) is 2.56. The molecule has 3 aromatic rings. The highest BCUT2D eigenvalue weighted by molar-refractivity contribution is 5.64. The topological polar surface area (TPSA) is 76.2 Å². The molecule has 0 atom stereocenters. The molecule has 0 fully saturated rings. The van der Waals surface area contributed by atoms with Crippen molar-refractivity contribution in [1.82, 2.24) is 14.6 Å². The molecule has 21 heavy (non-hydrogen) atoms. The molecule has 0 amide bonds. The summed E-state index contributed by atoms with van der Waals surface area (Å²) in [5, 5.41) is 3.13. The number of hydrogen-bond donors (Lipinski definition) is 2. The van der Waals surface area contributed by atoms with Gasteiger partial charge in [-0.25, -0.2) is 9.50 Å². The Kier molecular flexibility index (Phi) is 3.35. The molecule has 2 heterocycles. The number of aryl methyl sites for hydroxylation is 2. The van der Waals surface area contributed by atoms with Crippen molar-refractivity contribution >= 4 is 5.65 Å². The van der Waals surface area contributed by atoms with Crippen LogP contribution in [0, 0.1) is 13.8 Å². The normalized spacial score (nSPS) is 11.2. The van der Waals surface area contributed by atoms with Crippen molar-refractivity contribution in [3.63, 3.8) is 0 Å². The van der Waals surface area contributed by atoms with E-state index < -0.39 is 0 Å². The second-order valence-corrected chi connectivity index (χ2v) is 5.25. The highest BCUT2D eigenvalue weighted by Gasteiger charge is 2.12. The number of hydrogen-bond acceptors (Lipinski definition) is 3. The maximum absolute atomic E-state index is 12.5. The highest BCUT2D eigenvalue weighted by atomic mass is 16.1. The fourth-order valence-electron chi connectivity index (χ4n) is 2.56. The van der Waals surface area contributed by atoms with Crippen LogP contribution in [0.25, 0.3) is 16.9 Å². The second kappa shape index (κ2) is 5.18. The van der Waals surface area contributed by atoms with Crippen LogP contribution in [-0.4, -0.2) is 21.1 Å². The molecule has 0 radical (unpaired) electrons. The molecule has 2 aromatic heterocycles. The summed E-state index contributed by atoms with van der Waals surface area (Å²) in [6, 6.07) is 10.0. The van der Waals surface area contributed by atoms with Crippen LogP contribution >= 0.6 is 0 Å². The Morgan fingerprint density at radius 2 is 2.10 bits per heavy atom. The van der Waals surface area contributed by atoms with Gasteiger partial charge in [-0.3, -0.25) is 9.89 Å². The number of H-pyrrole nitrogens is 1. The minimum absolute atomic E-state index is 0.0677. The van der Waals surface area contributed by atoms with E-state index >= 15 is 0 Å². The summed E-state index contributed by atoms with van der Waals surface area (Å²) in [7, 11) is 0. The highest BCUT2D eigenvalue weighted by Crippen LogP contribution is 2.19. The lowest BCUT2D eigenvalue weighted by Crippen LogP contribution is -2.23. The van der Waals surface area contributed by atoms with E-state index in [-0.39, 0.29) is 5.56 Å². The van der Waals surface area contributed by atoms with Crippen molar-refractivity contribution in [2.75, 3.05) is 6.54 Å². The van der Waals surface area contributed by atoms with Gasteiger partial charge in [-0.1, -0.05) is 23.8 Å². The smallest absolute Gasteiger partial charge is 0.276 e. The molecule has 3 rings (SSSR count). The molecule has 0 aliphatic rings. The van der Waals surface area contributed by atoms with E-state index in [0.29, 0.717) is 24.2 Å². The summed E-state index contributed by atoms with van der Waals surface area (Å²) in [6.45, 7) is 4.33. The molecule has 0 unspecified atom stereocenters. The van der Waals surface area contributed by atoms with Gasteiger partial charge in [-0.05, 0) is 38.4 Å². The van der Waals surface area contributed by atoms with Gasteiger partial charge in [0.05, 0.1) is 5.69 Å². The number of aromatic nitrogens is 3. The Labute approximate surface area is 122 Å². The molecule has 0 saturated heterocycles. The molecule has 0 aliphatic heterocycles. The lowest BCUT2D eigenvalue weighted by molar-refractivity contribution is 0.835. The van der Waals surface area contributed by atoms with Crippen LogP contribution in [0.1, 0.15) is 16.8 Å². The van der Waals surface area contributed by atoms with Crippen LogP contribution in [0.3, 0.4) is 0 Å². The summed E-state index contributed by atoms with van der Waals surface area (Å²) in [4.78, 5) is 17.0. The first-order valence-electron chi connectivity index (χ1n) is 6.98. The predicted molar refractivity (Wildman–Crippen MR) is 83.5 cm³/mol. The Bertz CT molecular complexity index is 860. The van der Waals surface area contributed by atoms with Crippen LogP contribution < -0.4 is 11.3 Å². The van der Waals surface area contributed by atoms with E-state index in [1.54, 1.807) is 0 Å². The van der Waals surface area contributed by atoms with Gasteiger partial charge in [0.2, 0.25) is 0 Å². The lowest BCUT2D eigenvalue weighted by Gasteiger charge is -2.03. The number of aromatic amines is 1. The summed E-state index contributed by atoms with van der Waals surface area (Å²) in [5.41, 5.74) is 10.7. The van der Waals surface area contributed by atoms with E-state index in [1.807, 2.05) is 38.1 Å². The number of fused-ring (bicyclic) bond motifs is 1. The Balaban J connectivity index is 2.21. The van der Waals surface area contributed by atoms with Crippen molar-refractivity contribution < 1.29 is 0 Å². The molecular weight excluding hydrogens is 264 g/mol. The third kappa shape index (κ3) is 2.36. The van der Waals surface area contributed by atoms with Crippen molar-refractivity contribution in [2.45, 2.75) is 20.3 Å². The average molecular weight is 282 g/mol. The van der Waals surface area contributed by atoms with Crippen LogP contribution in [-0.2, 0) is 6.42 Å². The van der Waals surface area contributed by atoms with Crippen LogP contribution in [0.15, 0.2) is 35.1 Å². The third-order valence-electron chi connectivity index (χ3n) is 3.64.